The second-order valence-electron chi connectivity index (χ2n) is 3.48. The van der Waals surface area contributed by atoms with Crippen LogP contribution in [0.15, 0.2) is 12.4 Å². The molecule has 0 aromatic carbocycles. The molecule has 0 unspecified atom stereocenters. The zero-order valence-electron chi connectivity index (χ0n) is 9.49. The zero-order valence-corrected chi connectivity index (χ0v) is 9.49. The van der Waals surface area contributed by atoms with Gasteiger partial charge in [0.25, 0.3) is 0 Å². The van der Waals surface area contributed by atoms with Crippen LogP contribution in [0.5, 0.6) is 0 Å². The fourth-order valence-electron chi connectivity index (χ4n) is 1.07. The third-order valence-corrected chi connectivity index (χ3v) is 1.95. The lowest BCUT2D eigenvalue weighted by atomic mass is 10.4. The molecule has 0 fully saturated rings. The van der Waals surface area contributed by atoms with E-state index in [1.807, 2.05) is 6.92 Å². The quantitative estimate of drug-likeness (QED) is 0.698. The van der Waals surface area contributed by atoms with E-state index in [0.717, 1.165) is 25.1 Å². The van der Waals surface area contributed by atoms with Crippen molar-refractivity contribution < 1.29 is 4.74 Å². The van der Waals surface area contributed by atoms with Gasteiger partial charge >= 0.3 is 0 Å². The molecule has 0 aliphatic heterocycles. The molecular formula is C11H19N3O. The van der Waals surface area contributed by atoms with Gasteiger partial charge in [0.15, 0.2) is 0 Å². The molecule has 0 saturated heterocycles. The van der Waals surface area contributed by atoms with Crippen molar-refractivity contribution in [3.05, 3.63) is 18.0 Å². The molecule has 0 aliphatic carbocycles. The van der Waals surface area contributed by atoms with E-state index in [2.05, 4.69) is 22.2 Å². The van der Waals surface area contributed by atoms with Crippen LogP contribution < -0.4 is 5.32 Å². The van der Waals surface area contributed by atoms with Gasteiger partial charge in [0.05, 0.1) is 6.61 Å². The summed E-state index contributed by atoms with van der Waals surface area (Å²) in [5.41, 5.74) is 1.07. The van der Waals surface area contributed by atoms with Crippen molar-refractivity contribution in [1.29, 1.82) is 0 Å². The van der Waals surface area contributed by atoms with Crippen molar-refractivity contribution in [3.63, 3.8) is 0 Å². The molecule has 0 radical (unpaired) electrons. The van der Waals surface area contributed by atoms with Crippen molar-refractivity contribution in [2.75, 3.05) is 25.1 Å². The number of ether oxygens (including phenoxy) is 1. The van der Waals surface area contributed by atoms with E-state index in [-0.39, 0.29) is 0 Å². The summed E-state index contributed by atoms with van der Waals surface area (Å²) in [5, 5.41) is 3.10. The van der Waals surface area contributed by atoms with E-state index in [9.17, 15) is 0 Å². The van der Waals surface area contributed by atoms with Gasteiger partial charge in [-0.15, -0.1) is 0 Å². The van der Waals surface area contributed by atoms with Gasteiger partial charge in [-0.05, 0) is 18.9 Å². The van der Waals surface area contributed by atoms with E-state index >= 15 is 0 Å². The van der Waals surface area contributed by atoms with E-state index in [0.29, 0.717) is 12.6 Å². The Labute approximate surface area is 91.1 Å². The molecule has 1 rings (SSSR count). The Bertz CT molecular complexity index is 261. The van der Waals surface area contributed by atoms with Gasteiger partial charge in [0.1, 0.15) is 0 Å². The lowest BCUT2D eigenvalue weighted by Gasteiger charge is -2.05. The number of unbranched alkanes of at least 4 members (excludes halogenated alkanes) is 1. The number of nitrogens with one attached hydrogen (secondary N) is 1. The third-order valence-electron chi connectivity index (χ3n) is 1.95. The highest BCUT2D eigenvalue weighted by Crippen LogP contribution is 1.97. The maximum absolute atomic E-state index is 5.40. The average molecular weight is 209 g/mol. The van der Waals surface area contributed by atoms with Gasteiger partial charge in [-0.3, -0.25) is 0 Å². The molecule has 0 bridgehead atoms. The second kappa shape index (κ2) is 7.17. The van der Waals surface area contributed by atoms with Gasteiger partial charge in [-0.2, -0.15) is 0 Å². The SMILES string of the molecule is CCCCOCCNc1ncc(C)cn1. The van der Waals surface area contributed by atoms with Crippen molar-refractivity contribution in [2.45, 2.75) is 26.7 Å². The van der Waals surface area contributed by atoms with Crippen LogP contribution in [0.4, 0.5) is 5.95 Å². The molecule has 0 aliphatic rings. The number of aromatic nitrogens is 2. The van der Waals surface area contributed by atoms with Crippen LogP contribution in [0.2, 0.25) is 0 Å². The Kier molecular flexibility index (Phi) is 5.70. The normalized spacial score (nSPS) is 10.3. The summed E-state index contributed by atoms with van der Waals surface area (Å²) in [6.45, 7) is 6.43. The van der Waals surface area contributed by atoms with Crippen LogP contribution >= 0.6 is 0 Å². The molecule has 0 atom stereocenters. The Morgan fingerprint density at radius 2 is 2.00 bits per heavy atom. The fraction of sp³-hybridized carbons (Fsp3) is 0.636. The van der Waals surface area contributed by atoms with Crippen LogP contribution in [0.25, 0.3) is 0 Å². The molecule has 1 aromatic heterocycles. The molecule has 4 nitrogen and oxygen atoms in total. The lowest BCUT2D eigenvalue weighted by Crippen LogP contribution is -2.11. The van der Waals surface area contributed by atoms with Crippen molar-refractivity contribution >= 4 is 5.95 Å². The highest BCUT2D eigenvalue weighted by atomic mass is 16.5. The minimum atomic E-state index is 0.666. The van der Waals surface area contributed by atoms with Crippen LogP contribution in [-0.4, -0.2) is 29.7 Å². The molecule has 4 heteroatoms. The highest BCUT2D eigenvalue weighted by Gasteiger charge is 1.93. The molecule has 0 amide bonds. The van der Waals surface area contributed by atoms with Gasteiger partial charge < -0.3 is 10.1 Å². The molecule has 84 valence electrons. The molecule has 15 heavy (non-hydrogen) atoms. The summed E-state index contributed by atoms with van der Waals surface area (Å²) in [4.78, 5) is 8.27. The summed E-state index contributed by atoms with van der Waals surface area (Å²) in [6, 6.07) is 0. The first kappa shape index (κ1) is 11.9. The molecule has 1 N–H and O–H groups in total. The van der Waals surface area contributed by atoms with Crippen LogP contribution in [0.3, 0.4) is 0 Å². The Balaban J connectivity index is 2.07. The first-order chi connectivity index (χ1) is 7.33. The minimum absolute atomic E-state index is 0.666. The highest BCUT2D eigenvalue weighted by molar-refractivity contribution is 5.23. The zero-order chi connectivity index (χ0) is 10.9. The van der Waals surface area contributed by atoms with Gasteiger partial charge in [-0.1, -0.05) is 13.3 Å². The van der Waals surface area contributed by atoms with Crippen molar-refractivity contribution in [2.24, 2.45) is 0 Å². The van der Waals surface area contributed by atoms with E-state index in [4.69, 9.17) is 4.74 Å². The Morgan fingerprint density at radius 1 is 1.27 bits per heavy atom. The predicted molar refractivity (Wildman–Crippen MR) is 61.0 cm³/mol. The van der Waals surface area contributed by atoms with Crippen LogP contribution in [-0.2, 0) is 4.74 Å². The monoisotopic (exact) mass is 209 g/mol. The summed E-state index contributed by atoms with van der Waals surface area (Å²) in [5.74, 6) is 0.666. The smallest absolute Gasteiger partial charge is 0.222 e. The van der Waals surface area contributed by atoms with Gasteiger partial charge in [0, 0.05) is 25.5 Å². The topological polar surface area (TPSA) is 47.0 Å². The van der Waals surface area contributed by atoms with Crippen LogP contribution in [0.1, 0.15) is 25.3 Å². The van der Waals surface area contributed by atoms with E-state index in [1.54, 1.807) is 12.4 Å². The van der Waals surface area contributed by atoms with E-state index < -0.39 is 0 Å². The van der Waals surface area contributed by atoms with Crippen LogP contribution in [0, 0.1) is 6.92 Å². The Hall–Kier alpha value is -1.16. The van der Waals surface area contributed by atoms with Crippen molar-refractivity contribution in [3.8, 4) is 0 Å². The second-order valence-corrected chi connectivity index (χ2v) is 3.48. The number of anilines is 1. The summed E-state index contributed by atoms with van der Waals surface area (Å²) in [7, 11) is 0. The number of rotatable bonds is 7. The van der Waals surface area contributed by atoms with Gasteiger partial charge in [-0.25, -0.2) is 9.97 Å². The largest absolute Gasteiger partial charge is 0.380 e. The first-order valence-corrected chi connectivity index (χ1v) is 5.43. The third kappa shape index (κ3) is 5.32. The van der Waals surface area contributed by atoms with E-state index in [1.165, 1.54) is 6.42 Å². The average Bonchev–Trinajstić information content (AvgIpc) is 2.26. The summed E-state index contributed by atoms with van der Waals surface area (Å²) in [6.07, 6.45) is 5.90. The molecular weight excluding hydrogens is 190 g/mol. The molecule has 1 aromatic rings. The number of aryl methyl sites for hydroxylation is 1. The standard InChI is InChI=1S/C11H19N3O/c1-3-4-6-15-7-5-12-11-13-8-10(2)9-14-11/h8-9H,3-7H2,1-2H3,(H,12,13,14). The molecule has 0 saturated carbocycles. The minimum Gasteiger partial charge on any atom is -0.380 e. The summed E-state index contributed by atoms with van der Waals surface area (Å²) >= 11 is 0. The van der Waals surface area contributed by atoms with Crippen molar-refractivity contribution in [1.82, 2.24) is 9.97 Å². The molecule has 0 spiro atoms. The number of hydrogen-bond donors (Lipinski definition) is 1. The Morgan fingerprint density at radius 3 is 2.67 bits per heavy atom. The van der Waals surface area contributed by atoms with Gasteiger partial charge in [0.2, 0.25) is 5.95 Å². The number of nitrogens with zero attached hydrogens (tertiary/aromatic N) is 2. The maximum atomic E-state index is 5.40. The lowest BCUT2D eigenvalue weighted by molar-refractivity contribution is 0.141. The number of hydrogen-bond acceptors (Lipinski definition) is 4. The maximum Gasteiger partial charge on any atom is 0.222 e. The summed E-state index contributed by atoms with van der Waals surface area (Å²) < 4.78 is 5.40. The first-order valence-electron chi connectivity index (χ1n) is 5.43. The fourth-order valence-corrected chi connectivity index (χ4v) is 1.07. The predicted octanol–water partition coefficient (Wildman–Crippen LogP) is 2.01. The molecule has 1 heterocycles.